The minimum Gasteiger partial charge on any atom is -0.389 e. The molecule has 20 heavy (non-hydrogen) atoms. The molecule has 0 aliphatic carbocycles. The number of carbonyl (C=O) groups is 1. The predicted octanol–water partition coefficient (Wildman–Crippen LogP) is 0.558. The van der Waals surface area contributed by atoms with E-state index in [1.54, 1.807) is 18.2 Å². The monoisotopic (exact) mass is 284 g/mol. The average molecular weight is 284 g/mol. The fourth-order valence-corrected chi connectivity index (χ4v) is 1.64. The topological polar surface area (TPSA) is 84.6 Å². The van der Waals surface area contributed by atoms with E-state index in [1.807, 2.05) is 0 Å². The minimum absolute atomic E-state index is 0.122. The maximum absolute atomic E-state index is 13.3. The summed E-state index contributed by atoms with van der Waals surface area (Å²) in [5, 5.41) is 12.6. The van der Waals surface area contributed by atoms with Gasteiger partial charge in [-0.15, -0.1) is 0 Å². The molecule has 0 bridgehead atoms. The Labute approximate surface area is 117 Å². The SMILES string of the molecule is NC(=O)CCCNCC(O)COCc1ccccc1F. The van der Waals surface area contributed by atoms with Gasteiger partial charge in [0.25, 0.3) is 0 Å². The maximum atomic E-state index is 13.3. The summed E-state index contributed by atoms with van der Waals surface area (Å²) in [6.07, 6.45) is 0.292. The van der Waals surface area contributed by atoms with E-state index in [9.17, 15) is 14.3 Å². The van der Waals surface area contributed by atoms with Crippen LogP contribution < -0.4 is 11.1 Å². The number of amides is 1. The number of halogens is 1. The number of nitrogens with one attached hydrogen (secondary N) is 1. The smallest absolute Gasteiger partial charge is 0.217 e. The Kier molecular flexibility index (Phi) is 7.79. The van der Waals surface area contributed by atoms with Gasteiger partial charge in [0.1, 0.15) is 5.82 Å². The van der Waals surface area contributed by atoms with Crippen molar-refractivity contribution in [3.63, 3.8) is 0 Å². The molecule has 0 aliphatic heterocycles. The van der Waals surface area contributed by atoms with Crippen molar-refractivity contribution in [3.8, 4) is 0 Å². The van der Waals surface area contributed by atoms with Crippen LogP contribution in [-0.4, -0.2) is 36.8 Å². The molecule has 5 nitrogen and oxygen atoms in total. The quantitative estimate of drug-likeness (QED) is 0.548. The number of primary amides is 1. The van der Waals surface area contributed by atoms with Gasteiger partial charge in [-0.25, -0.2) is 4.39 Å². The van der Waals surface area contributed by atoms with Gasteiger partial charge in [-0.2, -0.15) is 0 Å². The van der Waals surface area contributed by atoms with E-state index >= 15 is 0 Å². The zero-order valence-corrected chi connectivity index (χ0v) is 11.3. The Balaban J connectivity index is 2.07. The van der Waals surface area contributed by atoms with Crippen LogP contribution in [0, 0.1) is 5.82 Å². The molecular weight excluding hydrogens is 263 g/mol. The van der Waals surface area contributed by atoms with Gasteiger partial charge in [-0.1, -0.05) is 18.2 Å². The van der Waals surface area contributed by atoms with Crippen LogP contribution in [0.5, 0.6) is 0 Å². The van der Waals surface area contributed by atoms with Gasteiger partial charge in [0.15, 0.2) is 0 Å². The first-order valence-electron chi connectivity index (χ1n) is 6.58. The van der Waals surface area contributed by atoms with Crippen LogP contribution in [0.3, 0.4) is 0 Å². The van der Waals surface area contributed by atoms with Crippen LogP contribution in [0.25, 0.3) is 0 Å². The van der Waals surface area contributed by atoms with Crippen molar-refractivity contribution < 1.29 is 19.0 Å². The van der Waals surface area contributed by atoms with Crippen LogP contribution in [0.15, 0.2) is 24.3 Å². The van der Waals surface area contributed by atoms with Crippen molar-refractivity contribution in [1.29, 1.82) is 0 Å². The first kappa shape index (κ1) is 16.6. The maximum Gasteiger partial charge on any atom is 0.217 e. The molecule has 112 valence electrons. The van der Waals surface area contributed by atoms with Gasteiger partial charge in [-0.3, -0.25) is 4.79 Å². The lowest BCUT2D eigenvalue weighted by Crippen LogP contribution is -2.31. The van der Waals surface area contributed by atoms with E-state index in [2.05, 4.69) is 5.32 Å². The van der Waals surface area contributed by atoms with Crippen molar-refractivity contribution in [2.45, 2.75) is 25.6 Å². The van der Waals surface area contributed by atoms with E-state index in [-0.39, 0.29) is 24.9 Å². The van der Waals surface area contributed by atoms with Crippen LogP contribution in [0.4, 0.5) is 4.39 Å². The number of carbonyl (C=O) groups excluding carboxylic acids is 1. The molecule has 0 heterocycles. The van der Waals surface area contributed by atoms with E-state index in [0.717, 1.165) is 0 Å². The molecule has 1 aromatic rings. The Morgan fingerprint density at radius 3 is 2.90 bits per heavy atom. The fraction of sp³-hybridized carbons (Fsp3) is 0.500. The molecule has 0 aromatic heterocycles. The molecule has 4 N–H and O–H groups in total. The van der Waals surface area contributed by atoms with E-state index < -0.39 is 6.10 Å². The summed E-state index contributed by atoms with van der Waals surface area (Å²) in [7, 11) is 0. The standard InChI is InChI=1S/C14H21FN2O3/c15-13-5-2-1-4-11(13)9-20-10-12(18)8-17-7-3-6-14(16)19/h1-2,4-5,12,17-18H,3,6-10H2,(H2,16,19). The average Bonchev–Trinajstić information content (AvgIpc) is 2.40. The number of benzene rings is 1. The molecule has 0 aliphatic rings. The van der Waals surface area contributed by atoms with Crippen LogP contribution in [0.1, 0.15) is 18.4 Å². The number of rotatable bonds is 10. The van der Waals surface area contributed by atoms with Gasteiger partial charge < -0.3 is 20.9 Å². The van der Waals surface area contributed by atoms with Gasteiger partial charge in [0.05, 0.1) is 19.3 Å². The lowest BCUT2D eigenvalue weighted by atomic mass is 10.2. The number of aliphatic hydroxyl groups excluding tert-OH is 1. The highest BCUT2D eigenvalue weighted by atomic mass is 19.1. The molecule has 6 heteroatoms. The van der Waals surface area contributed by atoms with Crippen molar-refractivity contribution in [3.05, 3.63) is 35.6 Å². The molecule has 1 amide bonds. The van der Waals surface area contributed by atoms with E-state index in [4.69, 9.17) is 10.5 Å². The third-order valence-corrected chi connectivity index (χ3v) is 2.68. The van der Waals surface area contributed by atoms with Crippen LogP contribution in [-0.2, 0) is 16.1 Å². The minimum atomic E-state index is -0.671. The van der Waals surface area contributed by atoms with E-state index in [0.29, 0.717) is 31.5 Å². The Bertz CT molecular complexity index is 415. The predicted molar refractivity (Wildman–Crippen MR) is 73.4 cm³/mol. The van der Waals surface area contributed by atoms with Crippen LogP contribution in [0.2, 0.25) is 0 Å². The molecule has 1 aromatic carbocycles. The largest absolute Gasteiger partial charge is 0.389 e. The molecule has 0 spiro atoms. The van der Waals surface area contributed by atoms with Gasteiger partial charge in [-0.05, 0) is 19.0 Å². The van der Waals surface area contributed by atoms with Crippen molar-refractivity contribution in [1.82, 2.24) is 5.32 Å². The number of nitrogens with two attached hydrogens (primary N) is 1. The summed E-state index contributed by atoms with van der Waals surface area (Å²) < 4.78 is 18.5. The highest BCUT2D eigenvalue weighted by Crippen LogP contribution is 2.07. The normalized spacial score (nSPS) is 12.3. The number of ether oxygens (including phenoxy) is 1. The molecule has 0 saturated carbocycles. The second-order valence-corrected chi connectivity index (χ2v) is 4.53. The third-order valence-electron chi connectivity index (χ3n) is 2.68. The summed E-state index contributed by atoms with van der Waals surface area (Å²) in [6.45, 7) is 1.21. The second kappa shape index (κ2) is 9.41. The first-order valence-corrected chi connectivity index (χ1v) is 6.58. The fourth-order valence-electron chi connectivity index (χ4n) is 1.64. The molecule has 1 atom stereocenters. The lowest BCUT2D eigenvalue weighted by molar-refractivity contribution is -0.118. The van der Waals surface area contributed by atoms with Gasteiger partial charge in [0, 0.05) is 18.5 Å². The molecule has 0 radical (unpaired) electrons. The zero-order valence-electron chi connectivity index (χ0n) is 11.3. The zero-order chi connectivity index (χ0) is 14.8. The third kappa shape index (κ3) is 7.18. The lowest BCUT2D eigenvalue weighted by Gasteiger charge is -2.12. The second-order valence-electron chi connectivity index (χ2n) is 4.53. The summed E-state index contributed by atoms with van der Waals surface area (Å²) >= 11 is 0. The summed E-state index contributed by atoms with van der Waals surface area (Å²) in [4.78, 5) is 10.5. The molecule has 1 unspecified atom stereocenters. The highest BCUT2D eigenvalue weighted by molar-refractivity contribution is 5.73. The molecule has 0 fully saturated rings. The Morgan fingerprint density at radius 2 is 2.20 bits per heavy atom. The summed E-state index contributed by atoms with van der Waals surface area (Å²) in [5.74, 6) is -0.646. The van der Waals surface area contributed by atoms with Crippen LogP contribution >= 0.6 is 0 Å². The van der Waals surface area contributed by atoms with Gasteiger partial charge in [0.2, 0.25) is 5.91 Å². The van der Waals surface area contributed by atoms with E-state index in [1.165, 1.54) is 6.07 Å². The molecule has 1 rings (SSSR count). The summed E-state index contributed by atoms with van der Waals surface area (Å²) in [6, 6.07) is 6.36. The summed E-state index contributed by atoms with van der Waals surface area (Å²) in [5.41, 5.74) is 5.47. The Hall–Kier alpha value is -1.50. The Morgan fingerprint density at radius 1 is 1.45 bits per heavy atom. The van der Waals surface area contributed by atoms with Crippen molar-refractivity contribution >= 4 is 5.91 Å². The number of aliphatic hydroxyl groups is 1. The number of hydrogen-bond acceptors (Lipinski definition) is 4. The highest BCUT2D eigenvalue weighted by Gasteiger charge is 2.06. The van der Waals surface area contributed by atoms with Crippen molar-refractivity contribution in [2.75, 3.05) is 19.7 Å². The first-order chi connectivity index (χ1) is 9.59. The van der Waals surface area contributed by atoms with Gasteiger partial charge >= 0.3 is 0 Å². The molecule has 0 saturated heterocycles. The number of hydrogen-bond donors (Lipinski definition) is 3. The van der Waals surface area contributed by atoms with Crippen molar-refractivity contribution in [2.24, 2.45) is 5.73 Å². The molecular formula is C14H21FN2O3.